The van der Waals surface area contributed by atoms with Crippen LogP contribution in [0.3, 0.4) is 0 Å². The third kappa shape index (κ3) is 2.39. The first-order chi connectivity index (χ1) is 7.61. The highest BCUT2D eigenvalue weighted by molar-refractivity contribution is 7.99. The van der Waals surface area contributed by atoms with Crippen LogP contribution in [0.2, 0.25) is 5.02 Å². The maximum Gasteiger partial charge on any atom is 0.0452 e. The van der Waals surface area contributed by atoms with Crippen molar-refractivity contribution in [2.45, 2.75) is 37.3 Å². The van der Waals surface area contributed by atoms with Crippen LogP contribution in [-0.2, 0) is 5.75 Å². The Hall–Kier alpha value is -0.180. The van der Waals surface area contributed by atoms with E-state index in [9.17, 15) is 0 Å². The SMILES string of the molecule is CNC1CC(C)SCc2c(Cl)cc(C)cc21. The highest BCUT2D eigenvalue weighted by Gasteiger charge is 2.23. The molecule has 2 rings (SSSR count). The van der Waals surface area contributed by atoms with Gasteiger partial charge in [0.25, 0.3) is 0 Å². The van der Waals surface area contributed by atoms with Crippen molar-refractivity contribution < 1.29 is 0 Å². The summed E-state index contributed by atoms with van der Waals surface area (Å²) in [5.41, 5.74) is 3.97. The second-order valence-electron chi connectivity index (χ2n) is 4.51. The Labute approximate surface area is 107 Å². The molecular formula is C13H18ClNS. The van der Waals surface area contributed by atoms with Gasteiger partial charge in [-0.2, -0.15) is 11.8 Å². The molecule has 1 aliphatic rings. The fourth-order valence-electron chi connectivity index (χ4n) is 2.29. The number of rotatable bonds is 1. The molecule has 3 heteroatoms. The normalized spacial score (nSPS) is 25.0. The van der Waals surface area contributed by atoms with E-state index in [0.29, 0.717) is 11.3 Å². The van der Waals surface area contributed by atoms with Crippen LogP contribution in [0, 0.1) is 6.92 Å². The van der Waals surface area contributed by atoms with E-state index in [1.807, 2.05) is 18.8 Å². The highest BCUT2D eigenvalue weighted by atomic mass is 35.5. The topological polar surface area (TPSA) is 12.0 Å². The minimum absolute atomic E-state index is 0.442. The van der Waals surface area contributed by atoms with Gasteiger partial charge in [0, 0.05) is 22.1 Å². The number of thioether (sulfide) groups is 1. The fraction of sp³-hybridized carbons (Fsp3) is 0.538. The Morgan fingerprint density at radius 1 is 1.44 bits per heavy atom. The van der Waals surface area contributed by atoms with Crippen molar-refractivity contribution in [1.82, 2.24) is 5.32 Å². The van der Waals surface area contributed by atoms with Crippen molar-refractivity contribution >= 4 is 23.4 Å². The van der Waals surface area contributed by atoms with Crippen LogP contribution in [0.4, 0.5) is 0 Å². The molecule has 1 aromatic rings. The largest absolute Gasteiger partial charge is 0.313 e. The molecule has 0 radical (unpaired) electrons. The van der Waals surface area contributed by atoms with Crippen LogP contribution in [-0.4, -0.2) is 12.3 Å². The minimum Gasteiger partial charge on any atom is -0.313 e. The Balaban J connectivity index is 2.48. The number of hydrogen-bond donors (Lipinski definition) is 1. The molecule has 0 aromatic heterocycles. The number of aryl methyl sites for hydroxylation is 1. The second-order valence-corrected chi connectivity index (χ2v) is 6.35. The average molecular weight is 256 g/mol. The van der Waals surface area contributed by atoms with Crippen molar-refractivity contribution in [3.05, 3.63) is 33.8 Å². The van der Waals surface area contributed by atoms with Crippen LogP contribution >= 0.6 is 23.4 Å². The Kier molecular flexibility index (Phi) is 3.83. The first kappa shape index (κ1) is 12.3. The predicted molar refractivity (Wildman–Crippen MR) is 73.4 cm³/mol. The smallest absolute Gasteiger partial charge is 0.0452 e. The van der Waals surface area contributed by atoms with Gasteiger partial charge in [0.15, 0.2) is 0 Å². The van der Waals surface area contributed by atoms with Gasteiger partial charge in [-0.1, -0.05) is 24.6 Å². The van der Waals surface area contributed by atoms with Crippen LogP contribution in [0.25, 0.3) is 0 Å². The zero-order valence-electron chi connectivity index (χ0n) is 10.0. The third-order valence-electron chi connectivity index (χ3n) is 3.18. The van der Waals surface area contributed by atoms with Crippen molar-refractivity contribution in [2.24, 2.45) is 0 Å². The van der Waals surface area contributed by atoms with Crippen molar-refractivity contribution in [1.29, 1.82) is 0 Å². The lowest BCUT2D eigenvalue weighted by molar-refractivity contribution is 0.549. The summed E-state index contributed by atoms with van der Waals surface area (Å²) in [6.07, 6.45) is 1.17. The van der Waals surface area contributed by atoms with E-state index in [0.717, 1.165) is 10.8 Å². The number of benzene rings is 1. The number of halogens is 1. The molecule has 1 heterocycles. The third-order valence-corrected chi connectivity index (χ3v) is 4.73. The fourth-order valence-corrected chi connectivity index (χ4v) is 3.82. The molecule has 88 valence electrons. The molecule has 1 N–H and O–H groups in total. The van der Waals surface area contributed by atoms with Crippen LogP contribution in [0.5, 0.6) is 0 Å². The van der Waals surface area contributed by atoms with Gasteiger partial charge in [-0.3, -0.25) is 0 Å². The molecule has 2 unspecified atom stereocenters. The standard InChI is InChI=1S/C13H18ClNS/c1-8-4-10-11(12(14)5-8)7-16-9(2)6-13(10)15-3/h4-5,9,13,15H,6-7H2,1-3H3. The molecule has 0 aliphatic carbocycles. The van der Waals surface area contributed by atoms with Crippen molar-refractivity contribution in [3.8, 4) is 0 Å². The molecule has 0 saturated heterocycles. The molecule has 0 amide bonds. The van der Waals surface area contributed by atoms with E-state index in [1.54, 1.807) is 0 Å². The van der Waals surface area contributed by atoms with Gasteiger partial charge >= 0.3 is 0 Å². The second kappa shape index (κ2) is 4.99. The summed E-state index contributed by atoms with van der Waals surface area (Å²) in [7, 11) is 2.04. The van der Waals surface area contributed by atoms with Crippen molar-refractivity contribution in [3.63, 3.8) is 0 Å². The van der Waals surface area contributed by atoms with E-state index < -0.39 is 0 Å². The Bertz CT molecular complexity index is 392. The van der Waals surface area contributed by atoms with Gasteiger partial charge < -0.3 is 5.32 Å². The Morgan fingerprint density at radius 2 is 2.19 bits per heavy atom. The highest BCUT2D eigenvalue weighted by Crippen LogP contribution is 2.38. The molecule has 1 aromatic carbocycles. The van der Waals surface area contributed by atoms with Crippen molar-refractivity contribution in [2.75, 3.05) is 7.05 Å². The summed E-state index contributed by atoms with van der Waals surface area (Å²) in [4.78, 5) is 0. The summed E-state index contributed by atoms with van der Waals surface area (Å²) >= 11 is 8.35. The zero-order chi connectivity index (χ0) is 11.7. The molecule has 1 aliphatic heterocycles. The van der Waals surface area contributed by atoms with E-state index in [4.69, 9.17) is 11.6 Å². The Morgan fingerprint density at radius 3 is 2.88 bits per heavy atom. The molecule has 0 bridgehead atoms. The molecule has 1 nitrogen and oxygen atoms in total. The summed E-state index contributed by atoms with van der Waals surface area (Å²) in [5, 5.41) is 5.02. The number of nitrogens with one attached hydrogen (secondary N) is 1. The molecule has 0 spiro atoms. The van der Waals surface area contributed by atoms with Crippen LogP contribution < -0.4 is 5.32 Å². The molecule has 16 heavy (non-hydrogen) atoms. The van der Waals surface area contributed by atoms with Gasteiger partial charge in [-0.15, -0.1) is 0 Å². The maximum atomic E-state index is 6.35. The summed E-state index contributed by atoms with van der Waals surface area (Å²) in [6, 6.07) is 4.79. The lowest BCUT2D eigenvalue weighted by Crippen LogP contribution is -2.19. The zero-order valence-corrected chi connectivity index (χ0v) is 11.6. The van der Waals surface area contributed by atoms with E-state index in [2.05, 4.69) is 31.3 Å². The van der Waals surface area contributed by atoms with E-state index in [-0.39, 0.29) is 0 Å². The molecule has 0 saturated carbocycles. The van der Waals surface area contributed by atoms with E-state index >= 15 is 0 Å². The molecule has 2 atom stereocenters. The van der Waals surface area contributed by atoms with Crippen LogP contribution in [0.15, 0.2) is 12.1 Å². The van der Waals surface area contributed by atoms with Gasteiger partial charge in [-0.25, -0.2) is 0 Å². The average Bonchev–Trinajstić information content (AvgIpc) is 2.38. The predicted octanol–water partition coefficient (Wildman–Crippen LogP) is 3.93. The lowest BCUT2D eigenvalue weighted by Gasteiger charge is -2.19. The lowest BCUT2D eigenvalue weighted by atomic mass is 9.96. The van der Waals surface area contributed by atoms with Gasteiger partial charge in [-0.05, 0) is 43.1 Å². The van der Waals surface area contributed by atoms with Gasteiger partial charge in [0.2, 0.25) is 0 Å². The number of hydrogen-bond acceptors (Lipinski definition) is 2. The minimum atomic E-state index is 0.442. The quantitative estimate of drug-likeness (QED) is 0.816. The van der Waals surface area contributed by atoms with Gasteiger partial charge in [0.05, 0.1) is 0 Å². The first-order valence-corrected chi connectivity index (χ1v) is 7.12. The molecule has 0 fully saturated rings. The number of fused-ring (bicyclic) bond motifs is 1. The summed E-state index contributed by atoms with van der Waals surface area (Å²) < 4.78 is 0. The first-order valence-electron chi connectivity index (χ1n) is 5.69. The van der Waals surface area contributed by atoms with Crippen LogP contribution in [0.1, 0.15) is 36.1 Å². The van der Waals surface area contributed by atoms with E-state index in [1.165, 1.54) is 23.1 Å². The monoisotopic (exact) mass is 255 g/mol. The molecular weight excluding hydrogens is 238 g/mol. The summed E-state index contributed by atoms with van der Waals surface area (Å²) in [5.74, 6) is 1.04. The maximum absolute atomic E-state index is 6.35. The van der Waals surface area contributed by atoms with Gasteiger partial charge in [0.1, 0.15) is 0 Å². The summed E-state index contributed by atoms with van der Waals surface area (Å²) in [6.45, 7) is 4.40.